The second-order valence-electron chi connectivity index (χ2n) is 5.10. The van der Waals surface area contributed by atoms with Gasteiger partial charge in [-0.2, -0.15) is 0 Å². The van der Waals surface area contributed by atoms with Gasteiger partial charge in [-0.05, 0) is 44.0 Å². The first kappa shape index (κ1) is 16.0. The third kappa shape index (κ3) is 3.28. The SMILES string of the molecule is COc1c(C)ccc(NC(C)c2cccc(Cl)c2Cl)c1C. The molecule has 0 radical (unpaired) electrons. The number of hydrogen-bond donors (Lipinski definition) is 1. The highest BCUT2D eigenvalue weighted by atomic mass is 35.5. The van der Waals surface area contributed by atoms with E-state index in [4.69, 9.17) is 27.9 Å². The van der Waals surface area contributed by atoms with Crippen LogP contribution in [0.25, 0.3) is 0 Å². The van der Waals surface area contributed by atoms with E-state index in [1.165, 1.54) is 0 Å². The Bertz CT molecular complexity index is 655. The van der Waals surface area contributed by atoms with Crippen LogP contribution in [0.5, 0.6) is 5.75 Å². The first-order chi connectivity index (χ1) is 9.95. The summed E-state index contributed by atoms with van der Waals surface area (Å²) >= 11 is 12.4. The van der Waals surface area contributed by atoms with Crippen LogP contribution in [0, 0.1) is 13.8 Å². The normalized spacial score (nSPS) is 12.1. The Morgan fingerprint density at radius 2 is 1.81 bits per heavy atom. The smallest absolute Gasteiger partial charge is 0.126 e. The molecular weight excluding hydrogens is 305 g/mol. The molecule has 1 atom stereocenters. The van der Waals surface area contributed by atoms with E-state index >= 15 is 0 Å². The lowest BCUT2D eigenvalue weighted by Crippen LogP contribution is -2.09. The second-order valence-corrected chi connectivity index (χ2v) is 5.88. The molecule has 2 nitrogen and oxygen atoms in total. The number of rotatable bonds is 4. The number of hydrogen-bond acceptors (Lipinski definition) is 2. The zero-order chi connectivity index (χ0) is 15.6. The molecule has 21 heavy (non-hydrogen) atoms. The Hall–Kier alpha value is -1.38. The fraction of sp³-hybridized carbons (Fsp3) is 0.294. The summed E-state index contributed by atoms with van der Waals surface area (Å²) in [5.74, 6) is 0.907. The molecule has 0 heterocycles. The predicted octanol–water partition coefficient (Wildman–Crippen LogP) is 5.79. The van der Waals surface area contributed by atoms with Gasteiger partial charge < -0.3 is 10.1 Å². The topological polar surface area (TPSA) is 21.3 Å². The number of halogens is 2. The molecule has 0 aromatic heterocycles. The summed E-state index contributed by atoms with van der Waals surface area (Å²) in [5, 5.41) is 4.64. The van der Waals surface area contributed by atoms with Gasteiger partial charge in [-0.15, -0.1) is 0 Å². The lowest BCUT2D eigenvalue weighted by Gasteiger charge is -2.21. The number of nitrogens with one attached hydrogen (secondary N) is 1. The third-order valence-corrected chi connectivity index (χ3v) is 4.46. The van der Waals surface area contributed by atoms with Crippen LogP contribution in [0.4, 0.5) is 5.69 Å². The lowest BCUT2D eigenvalue weighted by molar-refractivity contribution is 0.409. The quantitative estimate of drug-likeness (QED) is 0.768. The summed E-state index contributed by atoms with van der Waals surface area (Å²) in [6.45, 7) is 6.14. The van der Waals surface area contributed by atoms with Crippen LogP contribution in [0.1, 0.15) is 29.7 Å². The molecule has 0 amide bonds. The number of anilines is 1. The van der Waals surface area contributed by atoms with Crippen molar-refractivity contribution in [2.24, 2.45) is 0 Å². The first-order valence-corrected chi connectivity index (χ1v) is 7.56. The maximum Gasteiger partial charge on any atom is 0.126 e. The molecule has 0 saturated carbocycles. The summed E-state index contributed by atoms with van der Waals surface area (Å²) in [7, 11) is 1.69. The van der Waals surface area contributed by atoms with Crippen molar-refractivity contribution in [1.82, 2.24) is 0 Å². The maximum atomic E-state index is 6.28. The number of aryl methyl sites for hydroxylation is 1. The highest BCUT2D eigenvalue weighted by Gasteiger charge is 2.14. The summed E-state index contributed by atoms with van der Waals surface area (Å²) in [6, 6.07) is 9.82. The van der Waals surface area contributed by atoms with Crippen molar-refractivity contribution in [3.8, 4) is 5.75 Å². The highest BCUT2D eigenvalue weighted by molar-refractivity contribution is 6.42. The molecule has 2 aromatic rings. The summed E-state index contributed by atoms with van der Waals surface area (Å²) in [6.07, 6.45) is 0. The summed E-state index contributed by atoms with van der Waals surface area (Å²) < 4.78 is 5.46. The average molecular weight is 324 g/mol. The van der Waals surface area contributed by atoms with Crippen molar-refractivity contribution in [3.05, 3.63) is 57.1 Å². The second kappa shape index (κ2) is 6.59. The Balaban J connectivity index is 2.32. The van der Waals surface area contributed by atoms with E-state index in [0.717, 1.165) is 28.1 Å². The molecule has 112 valence electrons. The largest absolute Gasteiger partial charge is 0.496 e. The Morgan fingerprint density at radius 3 is 2.48 bits per heavy atom. The molecular formula is C17H19Cl2NO. The van der Waals surface area contributed by atoms with Crippen molar-refractivity contribution in [2.75, 3.05) is 12.4 Å². The van der Waals surface area contributed by atoms with Gasteiger partial charge in [-0.25, -0.2) is 0 Å². The molecule has 2 rings (SSSR count). The van der Waals surface area contributed by atoms with Crippen molar-refractivity contribution in [1.29, 1.82) is 0 Å². The van der Waals surface area contributed by atoms with Crippen LogP contribution < -0.4 is 10.1 Å². The molecule has 0 spiro atoms. The maximum absolute atomic E-state index is 6.28. The van der Waals surface area contributed by atoms with Crippen molar-refractivity contribution in [3.63, 3.8) is 0 Å². The van der Waals surface area contributed by atoms with E-state index in [9.17, 15) is 0 Å². The Kier molecular flexibility index (Phi) is 5.02. The minimum Gasteiger partial charge on any atom is -0.496 e. The van der Waals surface area contributed by atoms with E-state index in [1.807, 2.05) is 32.0 Å². The van der Waals surface area contributed by atoms with E-state index in [-0.39, 0.29) is 6.04 Å². The van der Waals surface area contributed by atoms with Gasteiger partial charge in [-0.3, -0.25) is 0 Å². The van der Waals surface area contributed by atoms with Crippen molar-refractivity contribution < 1.29 is 4.74 Å². The van der Waals surface area contributed by atoms with Gasteiger partial charge in [0.1, 0.15) is 5.75 Å². The third-order valence-electron chi connectivity index (χ3n) is 3.63. The van der Waals surface area contributed by atoms with E-state index in [2.05, 4.69) is 18.3 Å². The standard InChI is InChI=1S/C17H19Cl2NO/c1-10-8-9-15(11(2)17(10)21-4)20-12(3)13-6-5-7-14(18)16(13)19/h5-9,12,20H,1-4H3. The monoisotopic (exact) mass is 323 g/mol. The molecule has 0 aliphatic carbocycles. The predicted molar refractivity (Wildman–Crippen MR) is 91.0 cm³/mol. The van der Waals surface area contributed by atoms with Gasteiger partial charge in [-0.1, -0.05) is 41.4 Å². The van der Waals surface area contributed by atoms with Gasteiger partial charge in [0.05, 0.1) is 23.2 Å². The van der Waals surface area contributed by atoms with Gasteiger partial charge >= 0.3 is 0 Å². The number of benzene rings is 2. The average Bonchev–Trinajstić information content (AvgIpc) is 2.45. The zero-order valence-corrected chi connectivity index (χ0v) is 14.1. The lowest BCUT2D eigenvalue weighted by atomic mass is 10.1. The molecule has 1 unspecified atom stereocenters. The molecule has 0 aliphatic rings. The molecule has 0 bridgehead atoms. The minimum atomic E-state index is 0.0438. The molecule has 4 heteroatoms. The fourth-order valence-electron chi connectivity index (χ4n) is 2.46. The molecule has 0 aliphatic heterocycles. The highest BCUT2D eigenvalue weighted by Crippen LogP contribution is 2.34. The summed E-state index contributed by atoms with van der Waals surface area (Å²) in [5.41, 5.74) is 4.21. The molecule has 0 fully saturated rings. The van der Waals surface area contributed by atoms with Crippen molar-refractivity contribution in [2.45, 2.75) is 26.8 Å². The minimum absolute atomic E-state index is 0.0438. The van der Waals surface area contributed by atoms with E-state index < -0.39 is 0 Å². The van der Waals surface area contributed by atoms with Gasteiger partial charge in [0.25, 0.3) is 0 Å². The van der Waals surface area contributed by atoms with Crippen LogP contribution in [-0.4, -0.2) is 7.11 Å². The van der Waals surface area contributed by atoms with Crippen molar-refractivity contribution >= 4 is 28.9 Å². The van der Waals surface area contributed by atoms with E-state index in [0.29, 0.717) is 10.0 Å². The summed E-state index contributed by atoms with van der Waals surface area (Å²) in [4.78, 5) is 0. The zero-order valence-electron chi connectivity index (χ0n) is 12.6. The van der Waals surface area contributed by atoms with Crippen LogP contribution in [0.3, 0.4) is 0 Å². The van der Waals surface area contributed by atoms with Crippen LogP contribution >= 0.6 is 23.2 Å². The van der Waals surface area contributed by atoms with Gasteiger partial charge in [0, 0.05) is 11.3 Å². The molecule has 2 aromatic carbocycles. The van der Waals surface area contributed by atoms with Crippen LogP contribution in [-0.2, 0) is 0 Å². The van der Waals surface area contributed by atoms with Gasteiger partial charge in [0.2, 0.25) is 0 Å². The van der Waals surface area contributed by atoms with Crippen LogP contribution in [0.2, 0.25) is 10.0 Å². The Labute approximate surface area is 136 Å². The number of methoxy groups -OCH3 is 1. The Morgan fingerprint density at radius 1 is 1.10 bits per heavy atom. The first-order valence-electron chi connectivity index (χ1n) is 6.80. The molecule has 0 saturated heterocycles. The van der Waals surface area contributed by atoms with Gasteiger partial charge in [0.15, 0.2) is 0 Å². The fourth-order valence-corrected chi connectivity index (χ4v) is 2.93. The van der Waals surface area contributed by atoms with E-state index in [1.54, 1.807) is 13.2 Å². The van der Waals surface area contributed by atoms with Crippen LogP contribution in [0.15, 0.2) is 30.3 Å². The number of ether oxygens (including phenoxy) is 1. The molecule has 1 N–H and O–H groups in total.